The number of benzene rings is 1. The summed E-state index contributed by atoms with van der Waals surface area (Å²) in [5, 5.41) is 1.07. The normalized spacial score (nSPS) is 10.8. The molecule has 0 spiro atoms. The Kier molecular flexibility index (Phi) is 4.03. The summed E-state index contributed by atoms with van der Waals surface area (Å²) < 4.78 is 7.58. The number of hydrogen-bond acceptors (Lipinski definition) is 2. The largest absolute Gasteiger partial charge is 0.493 e. The van der Waals surface area contributed by atoms with Gasteiger partial charge in [0.15, 0.2) is 5.78 Å². The van der Waals surface area contributed by atoms with Crippen molar-refractivity contribution >= 4 is 16.7 Å². The minimum atomic E-state index is 0.275. The third-order valence-electron chi connectivity index (χ3n) is 2.95. The van der Waals surface area contributed by atoms with E-state index in [1.54, 1.807) is 0 Å². The van der Waals surface area contributed by atoms with Crippen LogP contribution in [0, 0.1) is 0 Å². The molecule has 0 aliphatic carbocycles. The summed E-state index contributed by atoms with van der Waals surface area (Å²) in [6, 6.07) is 7.97. The van der Waals surface area contributed by atoms with E-state index in [1.165, 1.54) is 0 Å². The number of Topliss-reactive ketones (excluding diaryl/α,β-unsaturated/α-hetero) is 1. The standard InChI is InChI=1S/C15H19NO2/c1-3-6-12(17)11-16-10-9-13-14(16)7-5-8-15(13)18-4-2/h5,7-10H,3-4,6,11H2,1-2H3. The van der Waals surface area contributed by atoms with Crippen LogP contribution in [0.1, 0.15) is 26.7 Å². The van der Waals surface area contributed by atoms with Crippen LogP contribution in [0.2, 0.25) is 0 Å². The second-order valence-corrected chi connectivity index (χ2v) is 4.35. The molecule has 0 saturated heterocycles. The molecule has 2 aromatic rings. The van der Waals surface area contributed by atoms with Crippen LogP contribution in [0.4, 0.5) is 0 Å². The van der Waals surface area contributed by atoms with Gasteiger partial charge in [-0.15, -0.1) is 0 Å². The zero-order valence-electron chi connectivity index (χ0n) is 11.0. The average molecular weight is 245 g/mol. The van der Waals surface area contributed by atoms with Crippen molar-refractivity contribution in [1.82, 2.24) is 4.57 Å². The molecule has 0 fully saturated rings. The van der Waals surface area contributed by atoms with Gasteiger partial charge in [-0.3, -0.25) is 4.79 Å². The SMILES string of the molecule is CCCC(=O)Cn1ccc2c(OCC)cccc21. The fraction of sp³-hybridized carbons (Fsp3) is 0.400. The van der Waals surface area contributed by atoms with Gasteiger partial charge >= 0.3 is 0 Å². The van der Waals surface area contributed by atoms with Gasteiger partial charge in [-0.25, -0.2) is 0 Å². The van der Waals surface area contributed by atoms with Gasteiger partial charge in [0.25, 0.3) is 0 Å². The van der Waals surface area contributed by atoms with Gasteiger partial charge in [-0.1, -0.05) is 13.0 Å². The van der Waals surface area contributed by atoms with Crippen LogP contribution in [-0.2, 0) is 11.3 Å². The average Bonchev–Trinajstić information content (AvgIpc) is 2.74. The lowest BCUT2D eigenvalue weighted by Gasteiger charge is -2.07. The molecule has 96 valence electrons. The predicted molar refractivity (Wildman–Crippen MR) is 73.0 cm³/mol. The Balaban J connectivity index is 2.30. The molecule has 1 aromatic carbocycles. The molecule has 3 nitrogen and oxygen atoms in total. The highest BCUT2D eigenvalue weighted by molar-refractivity contribution is 5.88. The summed E-state index contributed by atoms with van der Waals surface area (Å²) in [5.74, 6) is 1.16. The molecule has 0 saturated carbocycles. The monoisotopic (exact) mass is 245 g/mol. The van der Waals surface area contributed by atoms with E-state index < -0.39 is 0 Å². The number of fused-ring (bicyclic) bond motifs is 1. The van der Waals surface area contributed by atoms with E-state index >= 15 is 0 Å². The maximum absolute atomic E-state index is 11.7. The summed E-state index contributed by atoms with van der Waals surface area (Å²) in [6.45, 7) is 5.10. The second-order valence-electron chi connectivity index (χ2n) is 4.35. The van der Waals surface area contributed by atoms with Crippen molar-refractivity contribution in [3.63, 3.8) is 0 Å². The van der Waals surface area contributed by atoms with Crippen LogP contribution >= 0.6 is 0 Å². The lowest BCUT2D eigenvalue weighted by molar-refractivity contribution is -0.119. The van der Waals surface area contributed by atoms with Crippen molar-refractivity contribution in [2.75, 3.05) is 6.61 Å². The molecule has 0 radical (unpaired) electrons. The molecular formula is C15H19NO2. The first-order valence-electron chi connectivity index (χ1n) is 6.48. The maximum atomic E-state index is 11.7. The van der Waals surface area contributed by atoms with E-state index in [4.69, 9.17) is 4.74 Å². The molecule has 1 aromatic heterocycles. The minimum Gasteiger partial charge on any atom is -0.493 e. The first-order valence-corrected chi connectivity index (χ1v) is 6.48. The number of carbonyl (C=O) groups is 1. The molecule has 0 bridgehead atoms. The van der Waals surface area contributed by atoms with Crippen LogP contribution in [0.3, 0.4) is 0 Å². The van der Waals surface area contributed by atoms with Crippen molar-refractivity contribution in [3.8, 4) is 5.75 Å². The Hall–Kier alpha value is -1.77. The highest BCUT2D eigenvalue weighted by atomic mass is 16.5. The molecule has 0 amide bonds. The third kappa shape index (κ3) is 2.55. The van der Waals surface area contributed by atoms with E-state index in [0.717, 1.165) is 23.1 Å². The maximum Gasteiger partial charge on any atom is 0.152 e. The molecule has 2 rings (SSSR count). The summed E-state index contributed by atoms with van der Waals surface area (Å²) in [5.41, 5.74) is 1.06. The minimum absolute atomic E-state index is 0.275. The van der Waals surface area contributed by atoms with Gasteiger partial charge in [-0.05, 0) is 31.5 Å². The molecule has 0 aliphatic heterocycles. The number of ether oxygens (including phenoxy) is 1. The van der Waals surface area contributed by atoms with Crippen molar-refractivity contribution in [1.29, 1.82) is 0 Å². The predicted octanol–water partition coefficient (Wildman–Crippen LogP) is 3.41. The van der Waals surface area contributed by atoms with E-state index in [9.17, 15) is 4.79 Å². The Morgan fingerprint density at radius 2 is 2.11 bits per heavy atom. The van der Waals surface area contributed by atoms with Crippen LogP contribution in [0.5, 0.6) is 5.75 Å². The van der Waals surface area contributed by atoms with Crippen molar-refractivity contribution in [2.24, 2.45) is 0 Å². The summed E-state index contributed by atoms with van der Waals surface area (Å²) in [6.07, 6.45) is 3.51. The molecular weight excluding hydrogens is 226 g/mol. The number of nitrogens with zero attached hydrogens (tertiary/aromatic N) is 1. The number of carbonyl (C=O) groups excluding carboxylic acids is 1. The van der Waals surface area contributed by atoms with Gasteiger partial charge in [0, 0.05) is 18.0 Å². The van der Waals surface area contributed by atoms with Crippen LogP contribution in [0.15, 0.2) is 30.5 Å². The molecule has 3 heteroatoms. The van der Waals surface area contributed by atoms with Crippen LogP contribution in [-0.4, -0.2) is 17.0 Å². The van der Waals surface area contributed by atoms with E-state index in [1.807, 2.05) is 48.9 Å². The van der Waals surface area contributed by atoms with Gasteiger partial charge in [0.05, 0.1) is 18.7 Å². The zero-order chi connectivity index (χ0) is 13.0. The van der Waals surface area contributed by atoms with Crippen molar-refractivity contribution in [2.45, 2.75) is 33.2 Å². The second kappa shape index (κ2) is 5.71. The Labute approximate surface area is 107 Å². The fourth-order valence-corrected chi connectivity index (χ4v) is 2.16. The van der Waals surface area contributed by atoms with E-state index in [0.29, 0.717) is 19.6 Å². The highest BCUT2D eigenvalue weighted by Gasteiger charge is 2.08. The zero-order valence-corrected chi connectivity index (χ0v) is 11.0. The summed E-state index contributed by atoms with van der Waals surface area (Å²) in [7, 11) is 0. The fourth-order valence-electron chi connectivity index (χ4n) is 2.16. The van der Waals surface area contributed by atoms with Gasteiger partial charge < -0.3 is 9.30 Å². The van der Waals surface area contributed by atoms with Crippen LogP contribution < -0.4 is 4.74 Å². The van der Waals surface area contributed by atoms with Gasteiger partial charge in [-0.2, -0.15) is 0 Å². The molecule has 0 aliphatic rings. The highest BCUT2D eigenvalue weighted by Crippen LogP contribution is 2.26. The third-order valence-corrected chi connectivity index (χ3v) is 2.95. The topological polar surface area (TPSA) is 31.2 Å². The molecule has 18 heavy (non-hydrogen) atoms. The first-order chi connectivity index (χ1) is 8.76. The quantitative estimate of drug-likeness (QED) is 0.781. The van der Waals surface area contributed by atoms with E-state index in [2.05, 4.69) is 0 Å². The Bertz CT molecular complexity index is 542. The lowest BCUT2D eigenvalue weighted by Crippen LogP contribution is -2.08. The molecule has 0 atom stereocenters. The molecule has 1 heterocycles. The van der Waals surface area contributed by atoms with Crippen molar-refractivity contribution < 1.29 is 9.53 Å². The lowest BCUT2D eigenvalue weighted by atomic mass is 10.2. The summed E-state index contributed by atoms with van der Waals surface area (Å²) in [4.78, 5) is 11.7. The Morgan fingerprint density at radius 1 is 1.28 bits per heavy atom. The Morgan fingerprint density at radius 3 is 2.83 bits per heavy atom. The number of hydrogen-bond donors (Lipinski definition) is 0. The molecule has 0 unspecified atom stereocenters. The number of aromatic nitrogens is 1. The van der Waals surface area contributed by atoms with E-state index in [-0.39, 0.29) is 5.78 Å². The first kappa shape index (κ1) is 12.7. The van der Waals surface area contributed by atoms with Gasteiger partial charge in [0.2, 0.25) is 0 Å². The summed E-state index contributed by atoms with van der Waals surface area (Å²) >= 11 is 0. The molecule has 0 N–H and O–H groups in total. The van der Waals surface area contributed by atoms with Gasteiger partial charge in [0.1, 0.15) is 5.75 Å². The smallest absolute Gasteiger partial charge is 0.152 e. The van der Waals surface area contributed by atoms with Crippen LogP contribution in [0.25, 0.3) is 10.9 Å². The van der Waals surface area contributed by atoms with Crippen molar-refractivity contribution in [3.05, 3.63) is 30.5 Å². The number of rotatable bonds is 6. The number of ketones is 1.